The third kappa shape index (κ3) is 3.18. The van der Waals surface area contributed by atoms with Gasteiger partial charge in [-0.2, -0.15) is 5.26 Å². The average Bonchev–Trinajstić information content (AvgIpc) is 2.34. The topological polar surface area (TPSA) is 44.1 Å². The van der Waals surface area contributed by atoms with Crippen molar-refractivity contribution in [2.75, 3.05) is 20.1 Å². The maximum atomic E-state index is 12.0. The lowest BCUT2D eigenvalue weighted by atomic mass is 9.85. The van der Waals surface area contributed by atoms with Crippen molar-refractivity contribution in [2.24, 2.45) is 5.92 Å². The Bertz CT molecular complexity index is 454. The molecular formula is C15H18N2O. The lowest BCUT2D eigenvalue weighted by Crippen LogP contribution is -2.33. The molecule has 2 rings (SSSR count). The highest BCUT2D eigenvalue weighted by Gasteiger charge is 2.20. The molecule has 3 heteroatoms. The molecule has 0 aromatic heterocycles. The van der Waals surface area contributed by atoms with Gasteiger partial charge in [0.05, 0.1) is 18.2 Å². The van der Waals surface area contributed by atoms with Crippen molar-refractivity contribution in [2.45, 2.75) is 19.3 Å². The summed E-state index contributed by atoms with van der Waals surface area (Å²) in [5, 5.41) is 8.70. The van der Waals surface area contributed by atoms with Crippen LogP contribution < -0.4 is 0 Å². The van der Waals surface area contributed by atoms with Crippen LogP contribution in [0.5, 0.6) is 0 Å². The maximum Gasteiger partial charge on any atom is 0.176 e. The zero-order valence-corrected chi connectivity index (χ0v) is 10.7. The van der Waals surface area contributed by atoms with E-state index in [0.29, 0.717) is 17.7 Å². The summed E-state index contributed by atoms with van der Waals surface area (Å²) in [6.07, 6.45) is 3.94. The van der Waals surface area contributed by atoms with Crippen LogP contribution in [-0.2, 0) is 0 Å². The van der Waals surface area contributed by atoms with Crippen LogP contribution in [0, 0.1) is 17.2 Å². The highest BCUT2D eigenvalue weighted by Crippen LogP contribution is 2.26. The number of nitriles is 1. The molecule has 1 fully saturated rings. The monoisotopic (exact) mass is 242 g/mol. The minimum absolute atomic E-state index is 0.126. The number of carbonyl (C=O) groups excluding carboxylic acids is 1. The van der Waals surface area contributed by atoms with E-state index in [4.69, 9.17) is 5.26 Å². The van der Waals surface area contributed by atoms with E-state index >= 15 is 0 Å². The van der Waals surface area contributed by atoms with Crippen molar-refractivity contribution in [3.63, 3.8) is 0 Å². The van der Waals surface area contributed by atoms with E-state index in [1.165, 1.54) is 19.3 Å². The van der Waals surface area contributed by atoms with Gasteiger partial charge in [0.25, 0.3) is 0 Å². The molecule has 18 heavy (non-hydrogen) atoms. The fourth-order valence-corrected chi connectivity index (χ4v) is 2.25. The minimum atomic E-state index is 0.126. The third-order valence-corrected chi connectivity index (χ3v) is 3.54. The first-order valence-corrected chi connectivity index (χ1v) is 6.41. The van der Waals surface area contributed by atoms with E-state index in [2.05, 4.69) is 11.0 Å². The van der Waals surface area contributed by atoms with Gasteiger partial charge < -0.3 is 0 Å². The van der Waals surface area contributed by atoms with Crippen LogP contribution in [0.2, 0.25) is 0 Å². The highest BCUT2D eigenvalue weighted by molar-refractivity contribution is 5.97. The first-order valence-electron chi connectivity index (χ1n) is 6.41. The summed E-state index contributed by atoms with van der Waals surface area (Å²) < 4.78 is 0. The normalized spacial score (nSPS) is 15.2. The second-order valence-electron chi connectivity index (χ2n) is 5.11. The van der Waals surface area contributed by atoms with Gasteiger partial charge in [-0.05, 0) is 37.9 Å². The standard InChI is InChI=1S/C15H18N2O/c1-17(10-13-3-2-4-13)11-15(18)14-7-5-12(9-16)6-8-14/h5-8,13H,2-4,10-11H2,1H3. The predicted octanol–water partition coefficient (Wildman–Crippen LogP) is 2.47. The van der Waals surface area contributed by atoms with Crippen LogP contribution in [-0.4, -0.2) is 30.8 Å². The first-order chi connectivity index (χ1) is 8.69. The Morgan fingerprint density at radius 1 is 1.39 bits per heavy atom. The Kier molecular flexibility index (Phi) is 4.11. The van der Waals surface area contributed by atoms with E-state index in [0.717, 1.165) is 12.5 Å². The van der Waals surface area contributed by atoms with Crippen LogP contribution in [0.15, 0.2) is 24.3 Å². The number of rotatable bonds is 5. The summed E-state index contributed by atoms with van der Waals surface area (Å²) in [7, 11) is 2.00. The summed E-state index contributed by atoms with van der Waals surface area (Å²) in [6, 6.07) is 8.91. The molecule has 0 amide bonds. The Morgan fingerprint density at radius 3 is 2.56 bits per heavy atom. The molecule has 3 nitrogen and oxygen atoms in total. The van der Waals surface area contributed by atoms with Crippen LogP contribution in [0.1, 0.15) is 35.2 Å². The average molecular weight is 242 g/mol. The molecule has 0 N–H and O–H groups in total. The largest absolute Gasteiger partial charge is 0.299 e. The number of nitrogens with zero attached hydrogens (tertiary/aromatic N) is 2. The number of carbonyl (C=O) groups is 1. The van der Waals surface area contributed by atoms with E-state index in [1.54, 1.807) is 24.3 Å². The van der Waals surface area contributed by atoms with Gasteiger partial charge in [-0.15, -0.1) is 0 Å². The molecule has 0 aliphatic heterocycles. The van der Waals surface area contributed by atoms with Crippen molar-refractivity contribution in [3.05, 3.63) is 35.4 Å². The van der Waals surface area contributed by atoms with Crippen molar-refractivity contribution < 1.29 is 4.79 Å². The van der Waals surface area contributed by atoms with Crippen molar-refractivity contribution >= 4 is 5.78 Å². The number of likely N-dealkylation sites (N-methyl/N-ethyl adjacent to an activating group) is 1. The molecule has 0 atom stereocenters. The maximum absolute atomic E-state index is 12.0. The SMILES string of the molecule is CN(CC(=O)c1ccc(C#N)cc1)CC1CCC1. The predicted molar refractivity (Wildman–Crippen MR) is 70.3 cm³/mol. The fourth-order valence-electron chi connectivity index (χ4n) is 2.25. The molecule has 0 radical (unpaired) electrons. The molecule has 1 saturated carbocycles. The first kappa shape index (κ1) is 12.8. The van der Waals surface area contributed by atoms with Gasteiger partial charge in [0.15, 0.2) is 5.78 Å². The molecular weight excluding hydrogens is 224 g/mol. The van der Waals surface area contributed by atoms with Gasteiger partial charge in [-0.25, -0.2) is 0 Å². The fraction of sp³-hybridized carbons (Fsp3) is 0.467. The summed E-state index contributed by atoms with van der Waals surface area (Å²) >= 11 is 0. The quantitative estimate of drug-likeness (QED) is 0.745. The Balaban J connectivity index is 1.87. The molecule has 0 heterocycles. The lowest BCUT2D eigenvalue weighted by Gasteiger charge is -2.29. The van der Waals surface area contributed by atoms with Gasteiger partial charge in [-0.1, -0.05) is 18.6 Å². The number of benzene rings is 1. The van der Waals surface area contributed by atoms with Crippen LogP contribution in [0.25, 0.3) is 0 Å². The molecule has 1 aromatic rings. The molecule has 1 aromatic carbocycles. The molecule has 0 saturated heterocycles. The van der Waals surface area contributed by atoms with E-state index in [1.807, 2.05) is 7.05 Å². The lowest BCUT2D eigenvalue weighted by molar-refractivity contribution is 0.0925. The number of Topliss-reactive ketones (excluding diaryl/α,β-unsaturated/α-hetero) is 1. The number of hydrogen-bond donors (Lipinski definition) is 0. The molecule has 1 aliphatic carbocycles. The third-order valence-electron chi connectivity index (χ3n) is 3.54. The van der Waals surface area contributed by atoms with Crippen molar-refractivity contribution in [1.82, 2.24) is 4.90 Å². The summed E-state index contributed by atoms with van der Waals surface area (Å²) in [5.74, 6) is 0.907. The second-order valence-corrected chi connectivity index (χ2v) is 5.11. The Hall–Kier alpha value is -1.66. The smallest absolute Gasteiger partial charge is 0.176 e. The molecule has 0 bridgehead atoms. The molecule has 1 aliphatic rings. The zero-order chi connectivity index (χ0) is 13.0. The minimum Gasteiger partial charge on any atom is -0.299 e. The van der Waals surface area contributed by atoms with Gasteiger partial charge in [0.2, 0.25) is 0 Å². The van der Waals surface area contributed by atoms with Gasteiger partial charge in [0, 0.05) is 12.1 Å². The molecule has 0 unspecified atom stereocenters. The number of hydrogen-bond acceptors (Lipinski definition) is 3. The van der Waals surface area contributed by atoms with E-state index < -0.39 is 0 Å². The molecule has 0 spiro atoms. The van der Waals surface area contributed by atoms with Gasteiger partial charge >= 0.3 is 0 Å². The van der Waals surface area contributed by atoms with Gasteiger partial charge in [0.1, 0.15) is 0 Å². The van der Waals surface area contributed by atoms with Gasteiger partial charge in [-0.3, -0.25) is 9.69 Å². The van der Waals surface area contributed by atoms with Crippen LogP contribution in [0.4, 0.5) is 0 Å². The molecule has 94 valence electrons. The van der Waals surface area contributed by atoms with Crippen molar-refractivity contribution in [1.29, 1.82) is 5.26 Å². The summed E-state index contributed by atoms with van der Waals surface area (Å²) in [4.78, 5) is 14.1. The Morgan fingerprint density at radius 2 is 2.06 bits per heavy atom. The Labute approximate surface area is 108 Å². The number of ketones is 1. The van der Waals surface area contributed by atoms with E-state index in [-0.39, 0.29) is 5.78 Å². The second kappa shape index (κ2) is 5.79. The summed E-state index contributed by atoms with van der Waals surface area (Å²) in [5.41, 5.74) is 1.28. The van der Waals surface area contributed by atoms with E-state index in [9.17, 15) is 4.79 Å². The van der Waals surface area contributed by atoms with Crippen LogP contribution in [0.3, 0.4) is 0 Å². The highest BCUT2D eigenvalue weighted by atomic mass is 16.1. The van der Waals surface area contributed by atoms with Crippen LogP contribution >= 0.6 is 0 Å². The zero-order valence-electron chi connectivity index (χ0n) is 10.7. The van der Waals surface area contributed by atoms with Crippen molar-refractivity contribution in [3.8, 4) is 6.07 Å². The summed E-state index contributed by atoms with van der Waals surface area (Å²) in [6.45, 7) is 1.48.